The van der Waals surface area contributed by atoms with Crippen molar-refractivity contribution >= 4 is 29.3 Å². The highest BCUT2D eigenvalue weighted by molar-refractivity contribution is 6.02. The number of benzene rings is 2. The minimum atomic E-state index is -0.654. The molecule has 1 fully saturated rings. The molecule has 0 unspecified atom stereocenters. The van der Waals surface area contributed by atoms with E-state index in [2.05, 4.69) is 10.6 Å². The van der Waals surface area contributed by atoms with Gasteiger partial charge in [-0.2, -0.15) is 0 Å². The van der Waals surface area contributed by atoms with Crippen LogP contribution in [-0.4, -0.2) is 37.1 Å². The van der Waals surface area contributed by atoms with Crippen molar-refractivity contribution in [3.63, 3.8) is 0 Å². The normalized spacial score (nSPS) is 15.8. The lowest BCUT2D eigenvalue weighted by atomic mass is 10.1. The van der Waals surface area contributed by atoms with Crippen LogP contribution < -0.4 is 15.5 Å². The monoisotopic (exact) mass is 413 g/mol. The van der Waals surface area contributed by atoms with Crippen LogP contribution in [0.3, 0.4) is 0 Å². The van der Waals surface area contributed by atoms with E-state index >= 15 is 0 Å². The molecule has 30 heavy (non-hydrogen) atoms. The Morgan fingerprint density at radius 1 is 1.20 bits per heavy atom. The highest BCUT2D eigenvalue weighted by atomic mass is 19.1. The predicted molar refractivity (Wildman–Crippen MR) is 111 cm³/mol. The minimum Gasteiger partial charge on any atom is -0.466 e. The lowest BCUT2D eigenvalue weighted by Crippen LogP contribution is -2.43. The molecular formula is C22H24FN3O4. The van der Waals surface area contributed by atoms with Crippen molar-refractivity contribution in [3.05, 3.63) is 59.4 Å². The number of urea groups is 1. The molecule has 0 aromatic heterocycles. The molecule has 8 heteroatoms. The number of amides is 3. The van der Waals surface area contributed by atoms with E-state index in [-0.39, 0.29) is 24.1 Å². The Bertz CT molecular complexity index is 946. The first-order chi connectivity index (χ1) is 14.4. The molecule has 7 nitrogen and oxygen atoms in total. The van der Waals surface area contributed by atoms with Crippen molar-refractivity contribution in [1.29, 1.82) is 0 Å². The Morgan fingerprint density at radius 2 is 1.93 bits per heavy atom. The Labute approximate surface area is 174 Å². The van der Waals surface area contributed by atoms with Gasteiger partial charge < -0.3 is 20.3 Å². The van der Waals surface area contributed by atoms with Crippen molar-refractivity contribution in [2.45, 2.75) is 32.7 Å². The van der Waals surface area contributed by atoms with Crippen LogP contribution in [0, 0.1) is 12.7 Å². The van der Waals surface area contributed by atoms with Crippen molar-refractivity contribution in [1.82, 2.24) is 5.32 Å². The van der Waals surface area contributed by atoms with Gasteiger partial charge >= 0.3 is 12.0 Å². The van der Waals surface area contributed by atoms with Crippen LogP contribution in [0.4, 0.5) is 20.6 Å². The number of rotatable bonds is 6. The van der Waals surface area contributed by atoms with Gasteiger partial charge in [0.15, 0.2) is 0 Å². The summed E-state index contributed by atoms with van der Waals surface area (Å²) >= 11 is 0. The fourth-order valence-electron chi connectivity index (χ4n) is 3.28. The van der Waals surface area contributed by atoms with E-state index < -0.39 is 12.1 Å². The van der Waals surface area contributed by atoms with Crippen molar-refractivity contribution in [3.8, 4) is 0 Å². The summed E-state index contributed by atoms with van der Waals surface area (Å²) in [6.45, 7) is 4.16. The van der Waals surface area contributed by atoms with Crippen LogP contribution in [0.5, 0.6) is 0 Å². The van der Waals surface area contributed by atoms with E-state index in [0.717, 1.165) is 5.56 Å². The molecule has 3 rings (SSSR count). The van der Waals surface area contributed by atoms with Crippen LogP contribution in [0.2, 0.25) is 0 Å². The summed E-state index contributed by atoms with van der Waals surface area (Å²) in [6.07, 6.45) is 0.622. The second-order valence-electron chi connectivity index (χ2n) is 7.04. The second-order valence-corrected chi connectivity index (χ2v) is 7.04. The number of nitrogens with zero attached hydrogens (tertiary/aromatic N) is 1. The maximum Gasteiger partial charge on any atom is 0.319 e. The highest BCUT2D eigenvalue weighted by Crippen LogP contribution is 2.24. The number of carbonyl (C=O) groups excluding carboxylic acids is 3. The minimum absolute atomic E-state index is 0.162. The first-order valence-corrected chi connectivity index (χ1v) is 9.77. The van der Waals surface area contributed by atoms with Crippen LogP contribution in [-0.2, 0) is 20.7 Å². The fraction of sp³-hybridized carbons (Fsp3) is 0.318. The zero-order chi connectivity index (χ0) is 21.7. The molecule has 1 aliphatic heterocycles. The first-order valence-electron chi connectivity index (χ1n) is 9.77. The van der Waals surface area contributed by atoms with E-state index in [9.17, 15) is 18.8 Å². The molecular weight excluding hydrogens is 389 g/mol. The lowest BCUT2D eigenvalue weighted by molar-refractivity contribution is -0.142. The molecule has 1 aliphatic rings. The number of carbonyl (C=O) groups is 3. The maximum absolute atomic E-state index is 13.5. The molecule has 0 bridgehead atoms. The quantitative estimate of drug-likeness (QED) is 0.712. The molecule has 0 radical (unpaired) electrons. The number of hydrogen-bond donors (Lipinski definition) is 2. The fourth-order valence-corrected chi connectivity index (χ4v) is 3.28. The van der Waals surface area contributed by atoms with Crippen molar-refractivity contribution < 1.29 is 23.5 Å². The van der Waals surface area contributed by atoms with Gasteiger partial charge in [-0.25, -0.2) is 9.18 Å². The standard InChI is InChI=1S/C22H24FN3O4/c1-3-30-20(27)13-15-4-6-16(7-5-15)24-22(29)25-19-10-11-26(21(19)28)17-8-9-18(23)14(2)12-17/h4-9,12,19H,3,10-11,13H2,1-2H3,(H2,24,25,29)/t19-/m1/s1. The van der Waals surface area contributed by atoms with Gasteiger partial charge in [0.25, 0.3) is 0 Å². The first kappa shape index (κ1) is 21.3. The van der Waals surface area contributed by atoms with E-state index in [1.807, 2.05) is 0 Å². The third-order valence-corrected chi connectivity index (χ3v) is 4.83. The van der Waals surface area contributed by atoms with Crippen LogP contribution in [0.25, 0.3) is 0 Å². The predicted octanol–water partition coefficient (Wildman–Crippen LogP) is 3.17. The topological polar surface area (TPSA) is 87.7 Å². The number of anilines is 2. The summed E-state index contributed by atoms with van der Waals surface area (Å²) in [4.78, 5) is 38.0. The molecule has 1 saturated heterocycles. The van der Waals surface area contributed by atoms with E-state index in [1.54, 1.807) is 55.1 Å². The number of nitrogens with one attached hydrogen (secondary N) is 2. The number of halogens is 1. The van der Waals surface area contributed by atoms with Crippen molar-refractivity contribution in [2.75, 3.05) is 23.4 Å². The molecule has 158 valence electrons. The molecule has 0 spiro atoms. The zero-order valence-electron chi connectivity index (χ0n) is 16.9. The van der Waals surface area contributed by atoms with Gasteiger partial charge in [-0.3, -0.25) is 9.59 Å². The number of hydrogen-bond acceptors (Lipinski definition) is 4. The van der Waals surface area contributed by atoms with Gasteiger partial charge in [0.05, 0.1) is 13.0 Å². The Hall–Kier alpha value is -3.42. The van der Waals surface area contributed by atoms with Gasteiger partial charge in [-0.05, 0) is 61.7 Å². The van der Waals surface area contributed by atoms with Gasteiger partial charge in [-0.15, -0.1) is 0 Å². The van der Waals surface area contributed by atoms with Crippen LogP contribution in [0.15, 0.2) is 42.5 Å². The summed E-state index contributed by atoms with van der Waals surface area (Å²) in [5.74, 6) is -0.870. The Morgan fingerprint density at radius 3 is 2.60 bits per heavy atom. The molecule has 2 aromatic rings. The lowest BCUT2D eigenvalue weighted by Gasteiger charge is -2.18. The number of esters is 1. The third kappa shape index (κ3) is 5.14. The van der Waals surface area contributed by atoms with Gasteiger partial charge in [-0.1, -0.05) is 12.1 Å². The second kappa shape index (κ2) is 9.39. The third-order valence-electron chi connectivity index (χ3n) is 4.83. The largest absolute Gasteiger partial charge is 0.466 e. The molecule has 0 saturated carbocycles. The summed E-state index contributed by atoms with van der Waals surface area (Å²) in [5, 5.41) is 5.36. The van der Waals surface area contributed by atoms with Crippen LogP contribution in [0.1, 0.15) is 24.5 Å². The Kier molecular flexibility index (Phi) is 6.66. The molecule has 1 atom stereocenters. The highest BCUT2D eigenvalue weighted by Gasteiger charge is 2.33. The van der Waals surface area contributed by atoms with Crippen molar-refractivity contribution in [2.24, 2.45) is 0 Å². The van der Waals surface area contributed by atoms with Crippen LogP contribution >= 0.6 is 0 Å². The Balaban J connectivity index is 1.54. The van der Waals surface area contributed by atoms with Gasteiger partial charge in [0, 0.05) is 17.9 Å². The van der Waals surface area contributed by atoms with E-state index in [1.165, 1.54) is 6.07 Å². The maximum atomic E-state index is 13.5. The zero-order valence-corrected chi connectivity index (χ0v) is 16.9. The summed E-state index contributed by atoms with van der Waals surface area (Å²) < 4.78 is 18.4. The number of ether oxygens (including phenoxy) is 1. The van der Waals surface area contributed by atoms with E-state index in [4.69, 9.17) is 4.74 Å². The van der Waals surface area contributed by atoms with Gasteiger partial charge in [0.2, 0.25) is 5.91 Å². The van der Waals surface area contributed by atoms with E-state index in [0.29, 0.717) is 36.5 Å². The summed E-state index contributed by atoms with van der Waals surface area (Å²) in [6, 6.07) is 10.2. The van der Waals surface area contributed by atoms with Gasteiger partial charge in [0.1, 0.15) is 11.9 Å². The molecule has 2 N–H and O–H groups in total. The smallest absolute Gasteiger partial charge is 0.319 e. The molecule has 2 aromatic carbocycles. The average molecular weight is 413 g/mol. The molecule has 3 amide bonds. The molecule has 1 heterocycles. The average Bonchev–Trinajstić information content (AvgIpc) is 3.06. The molecule has 0 aliphatic carbocycles. The summed E-state index contributed by atoms with van der Waals surface area (Å²) in [7, 11) is 0. The number of aryl methyl sites for hydroxylation is 1. The SMILES string of the molecule is CCOC(=O)Cc1ccc(NC(=O)N[C@@H]2CCN(c3ccc(F)c(C)c3)C2=O)cc1. The summed E-state index contributed by atoms with van der Waals surface area (Å²) in [5.41, 5.74) is 2.38.